The number of aliphatic carboxylic acids is 1. The van der Waals surface area contributed by atoms with E-state index in [2.05, 4.69) is 5.32 Å². The summed E-state index contributed by atoms with van der Waals surface area (Å²) in [6, 6.07) is 3.40. The lowest BCUT2D eigenvalue weighted by atomic mass is 9.94. The van der Waals surface area contributed by atoms with Crippen LogP contribution in [0.15, 0.2) is 18.2 Å². The Hall–Kier alpha value is -1.13. The van der Waals surface area contributed by atoms with Gasteiger partial charge >= 0.3 is 5.97 Å². The average molecular weight is 288 g/mol. The number of halogens is 2. The highest BCUT2D eigenvalue weighted by atomic mass is 35.5. The van der Waals surface area contributed by atoms with Gasteiger partial charge in [-0.1, -0.05) is 38.4 Å². The molecule has 0 aromatic heterocycles. The minimum absolute atomic E-state index is 0.0593. The number of benzene rings is 1. The van der Waals surface area contributed by atoms with Gasteiger partial charge in [-0.15, -0.1) is 0 Å². The van der Waals surface area contributed by atoms with Crippen LogP contribution in [0, 0.1) is 11.7 Å². The largest absolute Gasteiger partial charge is 0.480 e. The lowest BCUT2D eigenvalue weighted by molar-refractivity contribution is -0.139. The second-order valence-electron chi connectivity index (χ2n) is 4.85. The molecule has 2 N–H and O–H groups in total. The standard InChI is InChI=1S/C14H19ClFNO2/c1-4-12(14(18)19)17-13(8(2)3)10-6-5-9(15)7-11(10)16/h5-8,12-13,17H,4H2,1-3H3,(H,18,19). The van der Waals surface area contributed by atoms with E-state index in [-0.39, 0.29) is 12.0 Å². The van der Waals surface area contributed by atoms with E-state index in [1.807, 2.05) is 13.8 Å². The van der Waals surface area contributed by atoms with Gasteiger partial charge in [0.15, 0.2) is 0 Å². The van der Waals surface area contributed by atoms with Crippen LogP contribution in [0.5, 0.6) is 0 Å². The zero-order valence-electron chi connectivity index (χ0n) is 11.3. The van der Waals surface area contributed by atoms with Crippen molar-refractivity contribution in [2.24, 2.45) is 5.92 Å². The molecule has 0 aliphatic heterocycles. The molecule has 0 aliphatic rings. The summed E-state index contributed by atoms with van der Waals surface area (Å²) in [6.07, 6.45) is 0.438. The van der Waals surface area contributed by atoms with Crippen molar-refractivity contribution in [2.45, 2.75) is 39.3 Å². The minimum Gasteiger partial charge on any atom is -0.480 e. The second kappa shape index (κ2) is 6.87. The number of hydrogen-bond donors (Lipinski definition) is 2. The predicted molar refractivity (Wildman–Crippen MR) is 73.8 cm³/mol. The molecule has 0 saturated carbocycles. The summed E-state index contributed by atoms with van der Waals surface area (Å²) in [6.45, 7) is 5.61. The van der Waals surface area contributed by atoms with E-state index in [9.17, 15) is 9.18 Å². The van der Waals surface area contributed by atoms with E-state index < -0.39 is 17.8 Å². The summed E-state index contributed by atoms with van der Waals surface area (Å²) in [5, 5.41) is 12.4. The summed E-state index contributed by atoms with van der Waals surface area (Å²) in [7, 11) is 0. The van der Waals surface area contributed by atoms with Crippen LogP contribution in [0.4, 0.5) is 4.39 Å². The Morgan fingerprint density at radius 2 is 2.11 bits per heavy atom. The lowest BCUT2D eigenvalue weighted by Gasteiger charge is -2.26. The van der Waals surface area contributed by atoms with Crippen LogP contribution in [0.3, 0.4) is 0 Å². The zero-order chi connectivity index (χ0) is 14.6. The summed E-state index contributed by atoms with van der Waals surface area (Å²) in [5.41, 5.74) is 0.444. The number of hydrogen-bond acceptors (Lipinski definition) is 2. The number of nitrogens with one attached hydrogen (secondary N) is 1. The summed E-state index contributed by atoms with van der Waals surface area (Å²) in [4.78, 5) is 11.1. The van der Waals surface area contributed by atoms with Crippen molar-refractivity contribution in [3.05, 3.63) is 34.6 Å². The van der Waals surface area contributed by atoms with Crippen LogP contribution in [-0.4, -0.2) is 17.1 Å². The van der Waals surface area contributed by atoms with E-state index in [1.165, 1.54) is 6.07 Å². The molecule has 2 atom stereocenters. The van der Waals surface area contributed by atoms with Gasteiger partial charge in [0.05, 0.1) is 0 Å². The van der Waals surface area contributed by atoms with Crippen molar-refractivity contribution >= 4 is 17.6 Å². The first-order valence-corrected chi connectivity index (χ1v) is 6.68. The lowest BCUT2D eigenvalue weighted by Crippen LogP contribution is -2.40. The van der Waals surface area contributed by atoms with Gasteiger partial charge in [-0.3, -0.25) is 10.1 Å². The SMILES string of the molecule is CCC(NC(c1ccc(Cl)cc1F)C(C)C)C(=O)O. The Bertz CT molecular complexity index is 451. The maximum atomic E-state index is 13.9. The Balaban J connectivity index is 3.03. The third-order valence-corrected chi connectivity index (χ3v) is 3.29. The average Bonchev–Trinajstić information content (AvgIpc) is 2.31. The number of carboxylic acids is 1. The first-order chi connectivity index (χ1) is 8.86. The molecule has 0 heterocycles. The topological polar surface area (TPSA) is 49.3 Å². The Labute approximate surface area is 117 Å². The van der Waals surface area contributed by atoms with Gasteiger partial charge < -0.3 is 5.11 Å². The van der Waals surface area contributed by atoms with Crippen molar-refractivity contribution in [1.82, 2.24) is 5.32 Å². The molecule has 0 amide bonds. The molecular formula is C14H19ClFNO2. The highest BCUT2D eigenvalue weighted by molar-refractivity contribution is 6.30. The quantitative estimate of drug-likeness (QED) is 0.840. The van der Waals surface area contributed by atoms with Gasteiger partial charge in [-0.25, -0.2) is 4.39 Å². The van der Waals surface area contributed by atoms with E-state index in [0.717, 1.165) is 0 Å². The molecular weight excluding hydrogens is 269 g/mol. The summed E-state index contributed by atoms with van der Waals surface area (Å²) < 4.78 is 13.9. The molecule has 19 heavy (non-hydrogen) atoms. The molecule has 5 heteroatoms. The van der Waals surface area contributed by atoms with E-state index in [1.54, 1.807) is 19.1 Å². The minimum atomic E-state index is -0.928. The van der Waals surface area contributed by atoms with Crippen LogP contribution in [0.25, 0.3) is 0 Å². The molecule has 0 aliphatic carbocycles. The number of carboxylic acid groups (broad SMARTS) is 1. The predicted octanol–water partition coefficient (Wildman–Crippen LogP) is 3.63. The van der Waals surface area contributed by atoms with Crippen molar-refractivity contribution in [3.63, 3.8) is 0 Å². The maximum Gasteiger partial charge on any atom is 0.320 e. The van der Waals surface area contributed by atoms with Gasteiger partial charge in [0.1, 0.15) is 11.9 Å². The van der Waals surface area contributed by atoms with Crippen LogP contribution in [0.1, 0.15) is 38.8 Å². The van der Waals surface area contributed by atoms with Gasteiger partial charge in [-0.05, 0) is 24.5 Å². The van der Waals surface area contributed by atoms with E-state index in [0.29, 0.717) is 17.0 Å². The fourth-order valence-electron chi connectivity index (χ4n) is 1.98. The normalized spacial score (nSPS) is 14.4. The van der Waals surface area contributed by atoms with Gasteiger partial charge in [-0.2, -0.15) is 0 Å². The van der Waals surface area contributed by atoms with Crippen LogP contribution in [0.2, 0.25) is 5.02 Å². The van der Waals surface area contributed by atoms with Gasteiger partial charge in [0.25, 0.3) is 0 Å². The van der Waals surface area contributed by atoms with E-state index in [4.69, 9.17) is 16.7 Å². The molecule has 1 aromatic carbocycles. The van der Waals surface area contributed by atoms with Crippen LogP contribution < -0.4 is 5.32 Å². The van der Waals surface area contributed by atoms with Gasteiger partial charge in [0.2, 0.25) is 0 Å². The molecule has 1 aromatic rings. The summed E-state index contributed by atoms with van der Waals surface area (Å²) in [5.74, 6) is -1.29. The van der Waals surface area contributed by atoms with Crippen molar-refractivity contribution in [1.29, 1.82) is 0 Å². The number of rotatable bonds is 6. The molecule has 0 fully saturated rings. The molecule has 106 valence electrons. The first kappa shape index (κ1) is 15.9. The number of carbonyl (C=O) groups is 1. The molecule has 3 nitrogen and oxygen atoms in total. The zero-order valence-corrected chi connectivity index (χ0v) is 12.0. The van der Waals surface area contributed by atoms with Crippen molar-refractivity contribution in [3.8, 4) is 0 Å². The van der Waals surface area contributed by atoms with Crippen molar-refractivity contribution < 1.29 is 14.3 Å². The fourth-order valence-corrected chi connectivity index (χ4v) is 2.13. The smallest absolute Gasteiger partial charge is 0.320 e. The highest BCUT2D eigenvalue weighted by Crippen LogP contribution is 2.27. The fraction of sp³-hybridized carbons (Fsp3) is 0.500. The Morgan fingerprint density at radius 3 is 2.53 bits per heavy atom. The second-order valence-corrected chi connectivity index (χ2v) is 5.29. The highest BCUT2D eigenvalue weighted by Gasteiger charge is 2.25. The Kier molecular flexibility index (Phi) is 5.76. The molecule has 0 spiro atoms. The maximum absolute atomic E-state index is 13.9. The van der Waals surface area contributed by atoms with Crippen LogP contribution >= 0.6 is 11.6 Å². The Morgan fingerprint density at radius 1 is 1.47 bits per heavy atom. The third-order valence-electron chi connectivity index (χ3n) is 3.05. The van der Waals surface area contributed by atoms with Crippen molar-refractivity contribution in [2.75, 3.05) is 0 Å². The van der Waals surface area contributed by atoms with Crippen LogP contribution in [-0.2, 0) is 4.79 Å². The van der Waals surface area contributed by atoms with Gasteiger partial charge in [0, 0.05) is 16.6 Å². The molecule has 0 saturated heterocycles. The first-order valence-electron chi connectivity index (χ1n) is 6.30. The summed E-state index contributed by atoms with van der Waals surface area (Å²) >= 11 is 5.73. The molecule has 0 radical (unpaired) electrons. The molecule has 1 rings (SSSR count). The monoisotopic (exact) mass is 287 g/mol. The third kappa shape index (κ3) is 4.18. The molecule has 0 bridgehead atoms. The van der Waals surface area contributed by atoms with E-state index >= 15 is 0 Å². The molecule has 2 unspecified atom stereocenters.